The van der Waals surface area contributed by atoms with Crippen molar-refractivity contribution >= 4 is 12.2 Å². The van der Waals surface area contributed by atoms with Crippen LogP contribution >= 0.6 is 0 Å². The molecular formula is C21H39NO2. The Morgan fingerprint density at radius 1 is 0.750 bits per heavy atom. The standard InChI is InChI=1S/C21H39NO2/c1-2-3-4-5-6-7-8-9-10-11-12-13-14-15-16-18-21(24)22-19-17-20-23/h9-10,20H,2-8,11-19H2,1H3,(H,22,24). The third-order valence-electron chi connectivity index (χ3n) is 4.25. The average molecular weight is 338 g/mol. The van der Waals surface area contributed by atoms with E-state index in [1.165, 1.54) is 70.6 Å². The Bertz CT molecular complexity index is 313. The van der Waals surface area contributed by atoms with Gasteiger partial charge >= 0.3 is 0 Å². The molecule has 3 heteroatoms. The van der Waals surface area contributed by atoms with Crippen LogP contribution in [-0.4, -0.2) is 18.7 Å². The number of unbranched alkanes of at least 4 members (excludes halogenated alkanes) is 11. The number of carbonyl (C=O) groups is 2. The summed E-state index contributed by atoms with van der Waals surface area (Å²) in [5.74, 6) is 0.0782. The van der Waals surface area contributed by atoms with Crippen LogP contribution in [0.2, 0.25) is 0 Å². The molecular weight excluding hydrogens is 298 g/mol. The second kappa shape index (κ2) is 19.9. The molecule has 0 aliphatic carbocycles. The Morgan fingerprint density at radius 3 is 1.88 bits per heavy atom. The maximum Gasteiger partial charge on any atom is 0.220 e. The van der Waals surface area contributed by atoms with E-state index in [9.17, 15) is 9.59 Å². The van der Waals surface area contributed by atoms with Crippen LogP contribution in [-0.2, 0) is 9.59 Å². The largest absolute Gasteiger partial charge is 0.356 e. The van der Waals surface area contributed by atoms with E-state index in [4.69, 9.17) is 0 Å². The number of aldehydes is 1. The Labute approximate surface area is 149 Å². The van der Waals surface area contributed by atoms with Crippen LogP contribution in [0.4, 0.5) is 0 Å². The highest BCUT2D eigenvalue weighted by atomic mass is 16.1. The van der Waals surface area contributed by atoms with E-state index in [0.717, 1.165) is 19.1 Å². The van der Waals surface area contributed by atoms with Gasteiger partial charge in [0.1, 0.15) is 6.29 Å². The molecule has 0 rings (SSSR count). The molecule has 0 saturated carbocycles. The van der Waals surface area contributed by atoms with Crippen molar-refractivity contribution in [3.8, 4) is 0 Å². The second-order valence-corrected chi connectivity index (χ2v) is 6.64. The Balaban J connectivity index is 3.17. The summed E-state index contributed by atoms with van der Waals surface area (Å²) in [6.07, 6.45) is 23.0. The molecule has 0 heterocycles. The lowest BCUT2D eigenvalue weighted by Crippen LogP contribution is -2.24. The van der Waals surface area contributed by atoms with Crippen LogP contribution < -0.4 is 5.32 Å². The van der Waals surface area contributed by atoms with Crippen LogP contribution in [0.25, 0.3) is 0 Å². The van der Waals surface area contributed by atoms with Gasteiger partial charge in [-0.1, -0.05) is 70.4 Å². The molecule has 0 saturated heterocycles. The predicted molar refractivity (Wildman–Crippen MR) is 103 cm³/mol. The van der Waals surface area contributed by atoms with Gasteiger partial charge < -0.3 is 10.1 Å². The molecule has 0 aromatic heterocycles. The minimum atomic E-state index is 0.0782. The minimum absolute atomic E-state index is 0.0782. The first kappa shape index (κ1) is 22.9. The fourth-order valence-electron chi connectivity index (χ4n) is 2.72. The van der Waals surface area contributed by atoms with Crippen LogP contribution in [0.15, 0.2) is 12.2 Å². The average Bonchev–Trinajstić information content (AvgIpc) is 2.58. The Morgan fingerprint density at radius 2 is 1.29 bits per heavy atom. The van der Waals surface area contributed by atoms with E-state index in [-0.39, 0.29) is 5.91 Å². The zero-order chi connectivity index (χ0) is 17.7. The first-order valence-corrected chi connectivity index (χ1v) is 10.2. The third kappa shape index (κ3) is 18.9. The molecule has 0 bridgehead atoms. The molecule has 24 heavy (non-hydrogen) atoms. The molecule has 0 unspecified atom stereocenters. The van der Waals surface area contributed by atoms with Crippen molar-refractivity contribution < 1.29 is 9.59 Å². The van der Waals surface area contributed by atoms with E-state index in [0.29, 0.717) is 19.4 Å². The highest BCUT2D eigenvalue weighted by Crippen LogP contribution is 2.09. The number of rotatable bonds is 18. The lowest BCUT2D eigenvalue weighted by Gasteiger charge is -2.03. The molecule has 0 radical (unpaired) electrons. The monoisotopic (exact) mass is 337 g/mol. The molecule has 1 amide bonds. The van der Waals surface area contributed by atoms with Crippen LogP contribution in [0, 0.1) is 0 Å². The fraction of sp³-hybridized carbons (Fsp3) is 0.810. The Kier molecular flexibility index (Phi) is 19.0. The quantitative estimate of drug-likeness (QED) is 0.197. The summed E-state index contributed by atoms with van der Waals surface area (Å²) in [5, 5.41) is 2.75. The van der Waals surface area contributed by atoms with Gasteiger partial charge in [0.15, 0.2) is 0 Å². The number of hydrogen-bond acceptors (Lipinski definition) is 2. The molecule has 0 aromatic carbocycles. The van der Waals surface area contributed by atoms with Crippen LogP contribution in [0.3, 0.4) is 0 Å². The number of allylic oxidation sites excluding steroid dienone is 2. The highest BCUT2D eigenvalue weighted by Gasteiger charge is 1.99. The van der Waals surface area contributed by atoms with E-state index in [2.05, 4.69) is 24.4 Å². The van der Waals surface area contributed by atoms with Crippen molar-refractivity contribution in [1.82, 2.24) is 5.32 Å². The SMILES string of the molecule is CCCCCCCCC=CCCCCCCCC(=O)NCCC=O. The van der Waals surface area contributed by atoms with Crippen LogP contribution in [0.1, 0.15) is 103 Å². The number of carbonyl (C=O) groups excluding carboxylic acids is 2. The predicted octanol–water partition coefficient (Wildman–Crippen LogP) is 5.73. The maximum absolute atomic E-state index is 11.4. The number of hydrogen-bond donors (Lipinski definition) is 1. The number of nitrogens with one attached hydrogen (secondary N) is 1. The molecule has 0 aromatic rings. The fourth-order valence-corrected chi connectivity index (χ4v) is 2.72. The molecule has 0 aliphatic heterocycles. The molecule has 140 valence electrons. The summed E-state index contributed by atoms with van der Waals surface area (Å²) in [6.45, 7) is 2.74. The van der Waals surface area contributed by atoms with Crippen molar-refractivity contribution in [3.63, 3.8) is 0 Å². The third-order valence-corrected chi connectivity index (χ3v) is 4.25. The van der Waals surface area contributed by atoms with E-state index in [1.807, 2.05) is 0 Å². The van der Waals surface area contributed by atoms with Gasteiger partial charge in [0.25, 0.3) is 0 Å². The van der Waals surface area contributed by atoms with Crippen molar-refractivity contribution in [1.29, 1.82) is 0 Å². The lowest BCUT2D eigenvalue weighted by atomic mass is 10.1. The number of amides is 1. The summed E-state index contributed by atoms with van der Waals surface area (Å²) in [5.41, 5.74) is 0. The van der Waals surface area contributed by atoms with Gasteiger partial charge in [0, 0.05) is 19.4 Å². The van der Waals surface area contributed by atoms with E-state index in [1.54, 1.807) is 0 Å². The summed E-state index contributed by atoms with van der Waals surface area (Å²) in [6, 6.07) is 0. The van der Waals surface area contributed by atoms with Crippen LogP contribution in [0.5, 0.6) is 0 Å². The van der Waals surface area contributed by atoms with Crippen molar-refractivity contribution in [2.45, 2.75) is 103 Å². The van der Waals surface area contributed by atoms with Gasteiger partial charge in [-0.2, -0.15) is 0 Å². The lowest BCUT2D eigenvalue weighted by molar-refractivity contribution is -0.121. The molecule has 0 aliphatic rings. The highest BCUT2D eigenvalue weighted by molar-refractivity contribution is 5.76. The molecule has 0 atom stereocenters. The first-order chi connectivity index (χ1) is 11.8. The maximum atomic E-state index is 11.4. The Hall–Kier alpha value is -1.12. The van der Waals surface area contributed by atoms with Crippen molar-refractivity contribution in [3.05, 3.63) is 12.2 Å². The van der Waals surface area contributed by atoms with E-state index < -0.39 is 0 Å². The van der Waals surface area contributed by atoms with E-state index >= 15 is 0 Å². The van der Waals surface area contributed by atoms with Gasteiger partial charge in [-0.05, 0) is 32.1 Å². The summed E-state index contributed by atoms with van der Waals surface area (Å²) in [7, 11) is 0. The summed E-state index contributed by atoms with van der Waals surface area (Å²) in [4.78, 5) is 21.6. The van der Waals surface area contributed by atoms with Gasteiger partial charge in [-0.3, -0.25) is 4.79 Å². The molecule has 1 N–H and O–H groups in total. The molecule has 0 spiro atoms. The molecule has 3 nitrogen and oxygen atoms in total. The summed E-state index contributed by atoms with van der Waals surface area (Å²) < 4.78 is 0. The normalized spacial score (nSPS) is 11.0. The van der Waals surface area contributed by atoms with Gasteiger partial charge in [0.2, 0.25) is 5.91 Å². The smallest absolute Gasteiger partial charge is 0.220 e. The first-order valence-electron chi connectivity index (χ1n) is 10.2. The second-order valence-electron chi connectivity index (χ2n) is 6.64. The zero-order valence-corrected chi connectivity index (χ0v) is 15.9. The minimum Gasteiger partial charge on any atom is -0.356 e. The van der Waals surface area contributed by atoms with Gasteiger partial charge in [-0.25, -0.2) is 0 Å². The van der Waals surface area contributed by atoms with Gasteiger partial charge in [-0.15, -0.1) is 0 Å². The van der Waals surface area contributed by atoms with Crippen molar-refractivity contribution in [2.24, 2.45) is 0 Å². The van der Waals surface area contributed by atoms with Gasteiger partial charge in [0.05, 0.1) is 0 Å². The topological polar surface area (TPSA) is 46.2 Å². The summed E-state index contributed by atoms with van der Waals surface area (Å²) >= 11 is 0. The van der Waals surface area contributed by atoms with Crippen molar-refractivity contribution in [2.75, 3.05) is 6.54 Å². The molecule has 0 fully saturated rings. The zero-order valence-electron chi connectivity index (χ0n) is 15.9.